The summed E-state index contributed by atoms with van der Waals surface area (Å²) in [6.45, 7) is 4.76. The van der Waals surface area contributed by atoms with Gasteiger partial charge in [0.1, 0.15) is 19.3 Å². The van der Waals surface area contributed by atoms with E-state index >= 15 is 0 Å². The fourth-order valence-electron chi connectivity index (χ4n) is 11.5. The molecule has 0 rings (SSSR count). The maximum Gasteiger partial charge on any atom is 0.472 e. The van der Waals surface area contributed by atoms with Crippen molar-refractivity contribution in [3.63, 3.8) is 0 Å². The number of carbonyl (C=O) groups is 4. The summed E-state index contributed by atoms with van der Waals surface area (Å²) >= 11 is 0. The molecule has 0 spiro atoms. The van der Waals surface area contributed by atoms with Crippen molar-refractivity contribution < 1.29 is 80.2 Å². The monoisotopic (exact) mass is 1510 g/mol. The van der Waals surface area contributed by atoms with Crippen molar-refractivity contribution in [1.29, 1.82) is 0 Å². The van der Waals surface area contributed by atoms with Crippen molar-refractivity contribution >= 4 is 39.5 Å². The lowest BCUT2D eigenvalue weighted by atomic mass is 10.0. The molecule has 19 heteroatoms. The zero-order valence-corrected chi connectivity index (χ0v) is 68.0. The molecule has 0 saturated carbocycles. The SMILES string of the molecule is CC/C=C\C/C=C\C/C=C\CCCCCCCC(=O)OCC(COP(=O)(O)OCC(O)COP(=O)(O)OCC(COC(=O)CCCCCCCC/C=C\C/C=C\C/C=C\CCCCC)OC(=O)CCCCCCC/C=C\CCCCCCCC)OC(=O)CCCCCCCCCCCCCCCCC. The number of rotatable bonds is 79. The van der Waals surface area contributed by atoms with Crippen molar-refractivity contribution in [1.82, 2.24) is 0 Å². The smallest absolute Gasteiger partial charge is 0.462 e. The van der Waals surface area contributed by atoms with Gasteiger partial charge >= 0.3 is 39.5 Å². The Labute approximate surface area is 634 Å². The zero-order valence-electron chi connectivity index (χ0n) is 66.2. The largest absolute Gasteiger partial charge is 0.472 e. The molecule has 0 heterocycles. The topological polar surface area (TPSA) is 237 Å². The second-order valence-electron chi connectivity index (χ2n) is 28.0. The first-order valence-corrected chi connectivity index (χ1v) is 44.8. The molecule has 104 heavy (non-hydrogen) atoms. The number of phosphoric acid groups is 2. The van der Waals surface area contributed by atoms with E-state index in [2.05, 4.69) is 113 Å². The van der Waals surface area contributed by atoms with Gasteiger partial charge in [0.05, 0.1) is 26.4 Å². The zero-order chi connectivity index (χ0) is 76.0. The number of aliphatic hydroxyl groups excluding tert-OH is 1. The second kappa shape index (κ2) is 77.4. The van der Waals surface area contributed by atoms with Crippen LogP contribution in [0.3, 0.4) is 0 Å². The molecule has 17 nitrogen and oxygen atoms in total. The third-order valence-corrected chi connectivity index (χ3v) is 19.7. The fraction of sp³-hybridized carbons (Fsp3) is 0.788. The van der Waals surface area contributed by atoms with Crippen LogP contribution in [0.25, 0.3) is 0 Å². The number of ether oxygens (including phenoxy) is 4. The Hall–Kier alpha value is -3.76. The Balaban J connectivity index is 5.36. The summed E-state index contributed by atoms with van der Waals surface area (Å²) in [5, 5.41) is 10.7. The molecule has 0 aromatic heterocycles. The van der Waals surface area contributed by atoms with Crippen LogP contribution >= 0.6 is 15.6 Å². The van der Waals surface area contributed by atoms with Crippen LogP contribution in [0.1, 0.15) is 374 Å². The van der Waals surface area contributed by atoms with Crippen LogP contribution in [-0.4, -0.2) is 96.7 Å². The van der Waals surface area contributed by atoms with Gasteiger partial charge in [-0.1, -0.05) is 312 Å². The predicted molar refractivity (Wildman–Crippen MR) is 427 cm³/mol. The van der Waals surface area contributed by atoms with Gasteiger partial charge in [0.15, 0.2) is 12.2 Å². The molecule has 0 radical (unpaired) electrons. The molecule has 0 aliphatic heterocycles. The summed E-state index contributed by atoms with van der Waals surface area (Å²) in [4.78, 5) is 73.1. The minimum Gasteiger partial charge on any atom is -0.462 e. The number of esters is 4. The third-order valence-electron chi connectivity index (χ3n) is 17.8. The molecule has 3 N–H and O–H groups in total. The van der Waals surface area contributed by atoms with Gasteiger partial charge in [0, 0.05) is 25.7 Å². The summed E-state index contributed by atoms with van der Waals surface area (Å²) in [5.74, 6) is -2.19. The van der Waals surface area contributed by atoms with E-state index in [4.69, 9.17) is 37.0 Å². The van der Waals surface area contributed by atoms with Crippen LogP contribution in [0, 0.1) is 0 Å². The van der Waals surface area contributed by atoms with E-state index in [0.29, 0.717) is 25.7 Å². The number of aliphatic hydroxyl groups is 1. The molecular formula is C85H152O17P2. The number of carbonyl (C=O) groups excluding carboxylic acids is 4. The van der Waals surface area contributed by atoms with Crippen LogP contribution in [0.15, 0.2) is 85.1 Å². The van der Waals surface area contributed by atoms with Crippen LogP contribution in [0.5, 0.6) is 0 Å². The van der Waals surface area contributed by atoms with Crippen LogP contribution < -0.4 is 0 Å². The van der Waals surface area contributed by atoms with Crippen molar-refractivity contribution in [3.8, 4) is 0 Å². The number of phosphoric ester groups is 2. The Bertz CT molecular complexity index is 2300. The van der Waals surface area contributed by atoms with E-state index < -0.39 is 97.5 Å². The highest BCUT2D eigenvalue weighted by Crippen LogP contribution is 2.45. The minimum absolute atomic E-state index is 0.0840. The number of unbranched alkanes of at least 4 members (excludes halogenated alkanes) is 39. The highest BCUT2D eigenvalue weighted by Gasteiger charge is 2.30. The summed E-state index contributed by atoms with van der Waals surface area (Å²) in [6.07, 6.45) is 81.1. The molecule has 0 fully saturated rings. The molecule has 5 unspecified atom stereocenters. The van der Waals surface area contributed by atoms with Crippen molar-refractivity contribution in [2.45, 2.75) is 393 Å². The molecule has 0 bridgehead atoms. The van der Waals surface area contributed by atoms with Gasteiger partial charge in [-0.2, -0.15) is 0 Å². The first-order chi connectivity index (χ1) is 50.7. The van der Waals surface area contributed by atoms with Gasteiger partial charge in [0.2, 0.25) is 0 Å². The first-order valence-electron chi connectivity index (χ1n) is 41.8. The van der Waals surface area contributed by atoms with Crippen LogP contribution in [0.2, 0.25) is 0 Å². The van der Waals surface area contributed by atoms with E-state index in [1.165, 1.54) is 122 Å². The van der Waals surface area contributed by atoms with Crippen molar-refractivity contribution in [3.05, 3.63) is 85.1 Å². The molecule has 604 valence electrons. The fourth-order valence-corrected chi connectivity index (χ4v) is 13.1. The van der Waals surface area contributed by atoms with Gasteiger partial charge in [-0.05, 0) is 122 Å². The quantitative estimate of drug-likeness (QED) is 0.0169. The van der Waals surface area contributed by atoms with Gasteiger partial charge in [-0.25, -0.2) is 9.13 Å². The lowest BCUT2D eigenvalue weighted by molar-refractivity contribution is -0.161. The van der Waals surface area contributed by atoms with E-state index in [1.54, 1.807) is 0 Å². The maximum atomic E-state index is 13.1. The Morgan fingerprint density at radius 2 is 0.500 bits per heavy atom. The van der Waals surface area contributed by atoms with Crippen LogP contribution in [-0.2, 0) is 65.4 Å². The Morgan fingerprint density at radius 1 is 0.279 bits per heavy atom. The highest BCUT2D eigenvalue weighted by molar-refractivity contribution is 7.47. The number of hydrogen-bond donors (Lipinski definition) is 3. The lowest BCUT2D eigenvalue weighted by Crippen LogP contribution is -2.30. The predicted octanol–water partition coefficient (Wildman–Crippen LogP) is 24.6. The average molecular weight is 1510 g/mol. The minimum atomic E-state index is -4.98. The van der Waals surface area contributed by atoms with Gasteiger partial charge in [-0.3, -0.25) is 37.3 Å². The summed E-state index contributed by atoms with van der Waals surface area (Å²) in [7, 11) is -9.96. The van der Waals surface area contributed by atoms with E-state index in [9.17, 15) is 43.2 Å². The normalized spacial score (nSPS) is 14.3. The Kier molecular flexibility index (Phi) is 74.6. The van der Waals surface area contributed by atoms with Crippen molar-refractivity contribution in [2.24, 2.45) is 0 Å². The molecule has 0 aliphatic rings. The van der Waals surface area contributed by atoms with Crippen LogP contribution in [0.4, 0.5) is 0 Å². The summed E-state index contributed by atoms with van der Waals surface area (Å²) in [5.41, 5.74) is 0. The lowest BCUT2D eigenvalue weighted by Gasteiger charge is -2.21. The Morgan fingerprint density at radius 3 is 0.798 bits per heavy atom. The average Bonchev–Trinajstić information content (AvgIpc) is 0.912. The van der Waals surface area contributed by atoms with E-state index in [0.717, 1.165) is 173 Å². The molecule has 0 aromatic rings. The molecule has 0 saturated heterocycles. The maximum absolute atomic E-state index is 13.1. The first kappa shape index (κ1) is 100. The molecule has 0 amide bonds. The number of allylic oxidation sites excluding steroid dienone is 14. The van der Waals surface area contributed by atoms with Crippen molar-refractivity contribution in [2.75, 3.05) is 39.6 Å². The van der Waals surface area contributed by atoms with E-state index in [-0.39, 0.29) is 25.7 Å². The molecular weight excluding hydrogens is 1350 g/mol. The molecule has 5 atom stereocenters. The van der Waals surface area contributed by atoms with E-state index in [1.807, 2.05) is 0 Å². The van der Waals surface area contributed by atoms with Gasteiger partial charge < -0.3 is 33.8 Å². The van der Waals surface area contributed by atoms with Gasteiger partial charge in [-0.15, -0.1) is 0 Å². The summed E-state index contributed by atoms with van der Waals surface area (Å²) < 4.78 is 68.7. The third kappa shape index (κ3) is 76.4. The molecule has 0 aromatic carbocycles. The second-order valence-corrected chi connectivity index (χ2v) is 30.9. The highest BCUT2D eigenvalue weighted by atomic mass is 31.2. The molecule has 0 aliphatic carbocycles. The van der Waals surface area contributed by atoms with Gasteiger partial charge in [0.25, 0.3) is 0 Å². The summed E-state index contributed by atoms with van der Waals surface area (Å²) in [6, 6.07) is 0. The standard InChI is InChI=1S/C85H152O17P2/c1-5-9-13-17-21-25-29-33-37-38-39-40-44-46-50-54-58-62-66-70-83(88)96-76-81(102-85(90)72-68-64-60-56-52-48-43-36-32-28-24-20-16-12-8-4)78-100-104(93,94)98-74-79(86)73-97-103(91,92)99-77-80(101-84(89)71-67-63-59-55-51-47-42-35-31-27-23-19-15-11-7-3)75-95-82(87)69-65-61-57-53-49-45-41-34-30-26-22-18-14-10-6-2/h10,14,21-22,25-26,33-34,36-37,39-41,43,79-81,86H,5-9,11-13,15-20,23-24,27-32,35,38,42,44-78H2,1-4H3,(H,91,92)(H,93,94)/b14-10-,25-21-,26-22-,37-33-,40-39-,41-34-,43-36-. The number of hydrogen-bond acceptors (Lipinski definition) is 15.